The zero-order chi connectivity index (χ0) is 12.7. The second kappa shape index (κ2) is 4.59. The number of halogens is 1. The van der Waals surface area contributed by atoms with Crippen molar-refractivity contribution < 1.29 is 4.79 Å². The van der Waals surface area contributed by atoms with E-state index >= 15 is 0 Å². The molecule has 98 valence electrons. The Bertz CT molecular complexity index is 459. The summed E-state index contributed by atoms with van der Waals surface area (Å²) < 4.78 is 1.93. The third-order valence-corrected chi connectivity index (χ3v) is 4.31. The van der Waals surface area contributed by atoms with Crippen LogP contribution in [0, 0.1) is 11.8 Å². The maximum absolute atomic E-state index is 12.5. The van der Waals surface area contributed by atoms with Crippen LogP contribution in [-0.2, 0) is 6.54 Å². The minimum atomic E-state index is 0.123. The van der Waals surface area contributed by atoms with Crippen molar-refractivity contribution in [2.75, 3.05) is 26.2 Å². The molecule has 1 aromatic heterocycles. The van der Waals surface area contributed by atoms with E-state index in [1.165, 1.54) is 0 Å². The Labute approximate surface area is 112 Å². The molecule has 2 atom stereocenters. The number of aryl methyl sites for hydroxylation is 1. The van der Waals surface area contributed by atoms with Crippen molar-refractivity contribution in [1.29, 1.82) is 0 Å². The number of hydrogen-bond donors (Lipinski definition) is 1. The van der Waals surface area contributed by atoms with Crippen molar-refractivity contribution in [2.45, 2.75) is 13.5 Å². The molecule has 0 aromatic carbocycles. The Morgan fingerprint density at radius 3 is 2.72 bits per heavy atom. The average Bonchev–Trinajstić information content (AvgIpc) is 3.00. The molecule has 0 aliphatic carbocycles. The van der Waals surface area contributed by atoms with Gasteiger partial charge in [-0.3, -0.25) is 4.79 Å². The molecule has 0 spiro atoms. The minimum absolute atomic E-state index is 0.123. The van der Waals surface area contributed by atoms with Gasteiger partial charge in [0.15, 0.2) is 0 Å². The first-order valence-corrected chi connectivity index (χ1v) is 6.92. The number of hydrogen-bond acceptors (Lipinski definition) is 2. The average molecular weight is 268 g/mol. The van der Waals surface area contributed by atoms with Gasteiger partial charge in [-0.2, -0.15) is 0 Å². The summed E-state index contributed by atoms with van der Waals surface area (Å²) in [5.74, 6) is 1.39. The lowest BCUT2D eigenvalue weighted by Crippen LogP contribution is -2.33. The molecule has 4 nitrogen and oxygen atoms in total. The second-order valence-corrected chi connectivity index (χ2v) is 5.65. The van der Waals surface area contributed by atoms with Gasteiger partial charge in [-0.25, -0.2) is 0 Å². The normalized spacial score (nSPS) is 26.7. The largest absolute Gasteiger partial charge is 0.342 e. The van der Waals surface area contributed by atoms with E-state index in [1.54, 1.807) is 6.07 Å². The lowest BCUT2D eigenvalue weighted by atomic mass is 10.0. The Hall–Kier alpha value is -1.00. The van der Waals surface area contributed by atoms with E-state index in [1.807, 2.05) is 22.6 Å². The highest BCUT2D eigenvalue weighted by molar-refractivity contribution is 6.31. The highest BCUT2D eigenvalue weighted by Crippen LogP contribution is 2.28. The molecule has 1 aromatic rings. The maximum Gasteiger partial charge on any atom is 0.270 e. The standard InChI is InChI=1S/C13H18ClN3O/c1-2-16-8-11(14)3-12(16)13(18)17-6-9-4-15-5-10(9)7-17/h3,8-10,15H,2,4-7H2,1H3/t9-,10+. The fourth-order valence-corrected chi connectivity index (χ4v) is 3.32. The van der Waals surface area contributed by atoms with Gasteiger partial charge in [-0.05, 0) is 24.8 Å². The molecule has 2 aliphatic rings. The summed E-state index contributed by atoms with van der Waals surface area (Å²) in [6.07, 6.45) is 1.83. The zero-order valence-corrected chi connectivity index (χ0v) is 11.3. The number of likely N-dealkylation sites (tertiary alicyclic amines) is 1. The van der Waals surface area contributed by atoms with Crippen LogP contribution in [-0.4, -0.2) is 41.6 Å². The van der Waals surface area contributed by atoms with Crippen molar-refractivity contribution in [1.82, 2.24) is 14.8 Å². The van der Waals surface area contributed by atoms with E-state index in [9.17, 15) is 4.79 Å². The van der Waals surface area contributed by atoms with Crippen LogP contribution in [0.3, 0.4) is 0 Å². The van der Waals surface area contributed by atoms with Crippen LogP contribution in [0.5, 0.6) is 0 Å². The molecule has 2 aliphatic heterocycles. The Kier molecular flexibility index (Phi) is 3.08. The van der Waals surface area contributed by atoms with E-state index in [0.29, 0.717) is 16.9 Å². The quantitative estimate of drug-likeness (QED) is 0.881. The third-order valence-electron chi connectivity index (χ3n) is 4.10. The van der Waals surface area contributed by atoms with Crippen molar-refractivity contribution in [3.05, 3.63) is 23.0 Å². The highest BCUT2D eigenvalue weighted by atomic mass is 35.5. The third kappa shape index (κ3) is 1.93. The van der Waals surface area contributed by atoms with Crippen LogP contribution in [0.25, 0.3) is 0 Å². The number of aromatic nitrogens is 1. The summed E-state index contributed by atoms with van der Waals surface area (Å²) in [4.78, 5) is 14.5. The van der Waals surface area contributed by atoms with Gasteiger partial charge in [-0.15, -0.1) is 0 Å². The van der Waals surface area contributed by atoms with Crippen molar-refractivity contribution in [2.24, 2.45) is 11.8 Å². The van der Waals surface area contributed by atoms with Gasteiger partial charge in [0.05, 0.1) is 5.02 Å². The molecular weight excluding hydrogens is 250 g/mol. The topological polar surface area (TPSA) is 37.3 Å². The molecular formula is C13H18ClN3O. The van der Waals surface area contributed by atoms with Crippen LogP contribution in [0.15, 0.2) is 12.3 Å². The van der Waals surface area contributed by atoms with E-state index in [0.717, 1.165) is 38.4 Å². The van der Waals surface area contributed by atoms with E-state index in [-0.39, 0.29) is 5.91 Å². The lowest BCUT2D eigenvalue weighted by Gasteiger charge is -2.18. The van der Waals surface area contributed by atoms with Crippen LogP contribution in [0.2, 0.25) is 5.02 Å². The number of carbonyl (C=O) groups is 1. The first-order valence-electron chi connectivity index (χ1n) is 6.54. The highest BCUT2D eigenvalue weighted by Gasteiger charge is 2.38. The fraction of sp³-hybridized carbons (Fsp3) is 0.615. The van der Waals surface area contributed by atoms with Gasteiger partial charge < -0.3 is 14.8 Å². The minimum Gasteiger partial charge on any atom is -0.342 e. The SMILES string of the molecule is CCn1cc(Cl)cc1C(=O)N1C[C@H]2CNC[C@H]2C1. The predicted octanol–water partition coefficient (Wildman–Crippen LogP) is 1.45. The first kappa shape index (κ1) is 12.1. The van der Waals surface area contributed by atoms with Gasteiger partial charge >= 0.3 is 0 Å². The molecule has 3 heterocycles. The van der Waals surface area contributed by atoms with E-state index in [2.05, 4.69) is 5.32 Å². The molecule has 3 rings (SSSR count). The van der Waals surface area contributed by atoms with Crippen LogP contribution < -0.4 is 5.32 Å². The van der Waals surface area contributed by atoms with Crippen LogP contribution >= 0.6 is 11.6 Å². The number of amides is 1. The summed E-state index contributed by atoms with van der Waals surface area (Å²) >= 11 is 5.99. The summed E-state index contributed by atoms with van der Waals surface area (Å²) in [5.41, 5.74) is 0.718. The predicted molar refractivity (Wildman–Crippen MR) is 70.9 cm³/mol. The number of rotatable bonds is 2. The fourth-order valence-electron chi connectivity index (χ4n) is 3.10. The van der Waals surface area contributed by atoms with Crippen LogP contribution in [0.1, 0.15) is 17.4 Å². The Balaban J connectivity index is 1.78. The summed E-state index contributed by atoms with van der Waals surface area (Å²) in [6.45, 7) is 6.64. The Morgan fingerprint density at radius 2 is 2.11 bits per heavy atom. The molecule has 5 heteroatoms. The zero-order valence-electron chi connectivity index (χ0n) is 10.5. The molecule has 1 amide bonds. The van der Waals surface area contributed by atoms with Crippen LogP contribution in [0.4, 0.5) is 0 Å². The molecule has 2 fully saturated rings. The van der Waals surface area contributed by atoms with Gasteiger partial charge in [0.1, 0.15) is 5.69 Å². The van der Waals surface area contributed by atoms with Crippen molar-refractivity contribution in [3.63, 3.8) is 0 Å². The van der Waals surface area contributed by atoms with E-state index < -0.39 is 0 Å². The maximum atomic E-state index is 12.5. The number of fused-ring (bicyclic) bond motifs is 1. The van der Waals surface area contributed by atoms with Gasteiger partial charge in [0.25, 0.3) is 5.91 Å². The van der Waals surface area contributed by atoms with E-state index in [4.69, 9.17) is 11.6 Å². The van der Waals surface area contributed by atoms with Crippen molar-refractivity contribution in [3.8, 4) is 0 Å². The molecule has 0 bridgehead atoms. The molecule has 0 saturated carbocycles. The second-order valence-electron chi connectivity index (χ2n) is 5.22. The molecule has 0 radical (unpaired) electrons. The Morgan fingerprint density at radius 1 is 1.44 bits per heavy atom. The van der Waals surface area contributed by atoms with Crippen molar-refractivity contribution >= 4 is 17.5 Å². The number of nitrogens with one attached hydrogen (secondary N) is 1. The summed E-state index contributed by atoms with van der Waals surface area (Å²) in [6, 6.07) is 1.78. The number of nitrogens with zero attached hydrogens (tertiary/aromatic N) is 2. The summed E-state index contributed by atoms with van der Waals surface area (Å²) in [5, 5.41) is 4.03. The molecule has 18 heavy (non-hydrogen) atoms. The monoisotopic (exact) mass is 267 g/mol. The van der Waals surface area contributed by atoms with Gasteiger partial charge in [0.2, 0.25) is 0 Å². The molecule has 2 saturated heterocycles. The molecule has 0 unspecified atom stereocenters. The first-order chi connectivity index (χ1) is 8.69. The van der Waals surface area contributed by atoms with Gasteiger partial charge in [0, 0.05) is 38.9 Å². The molecule has 1 N–H and O–H groups in total. The smallest absolute Gasteiger partial charge is 0.270 e. The lowest BCUT2D eigenvalue weighted by molar-refractivity contribution is 0.0771. The van der Waals surface area contributed by atoms with Gasteiger partial charge in [-0.1, -0.05) is 11.6 Å². The number of carbonyl (C=O) groups excluding carboxylic acids is 1. The summed E-state index contributed by atoms with van der Waals surface area (Å²) in [7, 11) is 0.